The third-order valence-corrected chi connectivity index (χ3v) is 6.06. The largest absolute Gasteiger partial charge is 0.278 e. The Morgan fingerprint density at radius 2 is 1.52 bits per heavy atom. The molecular weight excluding hydrogens is 328 g/mol. The highest BCUT2D eigenvalue weighted by Gasteiger charge is 2.15. The Hall–Kier alpha value is -0.520. The highest BCUT2D eigenvalue weighted by Crippen LogP contribution is 2.27. The molecule has 0 spiro atoms. The van der Waals surface area contributed by atoms with Crippen molar-refractivity contribution in [2.24, 2.45) is 0 Å². The predicted octanol–water partition coefficient (Wildman–Crippen LogP) is 5.70. The Morgan fingerprint density at radius 3 is 2.09 bits per heavy atom. The summed E-state index contributed by atoms with van der Waals surface area (Å²) in [7, 11) is -3.45. The third kappa shape index (κ3) is 8.77. The SMILES string of the molecule is CCCCCCCCS(=O)(=O)OSc1ccc(C(C)(C)C)cc1. The van der Waals surface area contributed by atoms with Crippen LogP contribution in [0.3, 0.4) is 0 Å². The van der Waals surface area contributed by atoms with Crippen molar-refractivity contribution in [1.29, 1.82) is 0 Å². The minimum Gasteiger partial charge on any atom is -0.198 e. The van der Waals surface area contributed by atoms with Crippen molar-refractivity contribution >= 4 is 22.2 Å². The van der Waals surface area contributed by atoms with E-state index in [1.54, 1.807) is 0 Å². The lowest BCUT2D eigenvalue weighted by Gasteiger charge is -2.18. The number of benzene rings is 1. The van der Waals surface area contributed by atoms with Crippen LogP contribution in [0.5, 0.6) is 0 Å². The Balaban J connectivity index is 2.35. The Kier molecular flexibility index (Phi) is 8.65. The van der Waals surface area contributed by atoms with E-state index in [1.165, 1.54) is 24.8 Å². The van der Waals surface area contributed by atoms with Crippen molar-refractivity contribution in [1.82, 2.24) is 0 Å². The second-order valence-corrected chi connectivity index (χ2v) is 9.66. The van der Waals surface area contributed by atoms with Gasteiger partial charge in [-0.1, -0.05) is 71.9 Å². The smallest absolute Gasteiger partial charge is 0.198 e. The first-order chi connectivity index (χ1) is 10.7. The van der Waals surface area contributed by atoms with Crippen LogP contribution in [0.25, 0.3) is 0 Å². The predicted molar refractivity (Wildman–Crippen MR) is 99.2 cm³/mol. The van der Waals surface area contributed by atoms with Gasteiger partial charge in [0.05, 0.1) is 5.75 Å². The lowest BCUT2D eigenvalue weighted by molar-refractivity contribution is 0.512. The van der Waals surface area contributed by atoms with Crippen LogP contribution < -0.4 is 0 Å². The highest BCUT2D eigenvalue weighted by molar-refractivity contribution is 8.04. The molecule has 0 amide bonds. The van der Waals surface area contributed by atoms with E-state index in [0.29, 0.717) is 6.42 Å². The van der Waals surface area contributed by atoms with Gasteiger partial charge in [-0.05, 0) is 29.5 Å². The maximum atomic E-state index is 11.9. The molecule has 1 aromatic carbocycles. The summed E-state index contributed by atoms with van der Waals surface area (Å²) >= 11 is 0.931. The van der Waals surface area contributed by atoms with Crippen LogP contribution in [-0.2, 0) is 19.2 Å². The van der Waals surface area contributed by atoms with Gasteiger partial charge in [-0.2, -0.15) is 12.0 Å². The molecule has 0 aliphatic rings. The molecule has 0 N–H and O–H groups in total. The van der Waals surface area contributed by atoms with Crippen molar-refractivity contribution in [2.45, 2.75) is 76.5 Å². The summed E-state index contributed by atoms with van der Waals surface area (Å²) in [6.45, 7) is 8.62. The normalized spacial score (nSPS) is 12.5. The van der Waals surface area contributed by atoms with Crippen molar-refractivity contribution in [3.8, 4) is 0 Å². The molecule has 0 radical (unpaired) electrons. The number of rotatable bonds is 10. The summed E-state index contributed by atoms with van der Waals surface area (Å²) in [5.74, 6) is 0.103. The van der Waals surface area contributed by atoms with Crippen LogP contribution >= 0.6 is 12.0 Å². The summed E-state index contributed by atoms with van der Waals surface area (Å²) in [6.07, 6.45) is 6.34. The second kappa shape index (κ2) is 9.70. The van der Waals surface area contributed by atoms with Crippen molar-refractivity contribution in [3.05, 3.63) is 29.8 Å². The molecule has 0 fully saturated rings. The lowest BCUT2D eigenvalue weighted by atomic mass is 9.87. The van der Waals surface area contributed by atoms with Gasteiger partial charge in [-0.25, -0.2) is 0 Å². The van der Waals surface area contributed by atoms with Gasteiger partial charge in [-0.3, -0.25) is 0 Å². The minimum atomic E-state index is -3.45. The monoisotopic (exact) mass is 358 g/mol. The topological polar surface area (TPSA) is 43.4 Å². The quantitative estimate of drug-likeness (QED) is 0.397. The number of unbranched alkanes of at least 4 members (excludes halogenated alkanes) is 5. The van der Waals surface area contributed by atoms with Crippen molar-refractivity contribution in [3.63, 3.8) is 0 Å². The van der Waals surface area contributed by atoms with Gasteiger partial charge < -0.3 is 0 Å². The van der Waals surface area contributed by atoms with Gasteiger partial charge in [0.15, 0.2) is 0 Å². The first-order valence-electron chi connectivity index (χ1n) is 8.44. The van der Waals surface area contributed by atoms with Crippen LogP contribution in [-0.4, -0.2) is 14.2 Å². The molecule has 0 aliphatic carbocycles. The average molecular weight is 359 g/mol. The van der Waals surface area contributed by atoms with E-state index in [0.717, 1.165) is 29.8 Å². The molecule has 1 aromatic rings. The van der Waals surface area contributed by atoms with Gasteiger partial charge in [0.1, 0.15) is 0 Å². The summed E-state index contributed by atoms with van der Waals surface area (Å²) in [5, 5.41) is 0. The molecule has 0 saturated heterocycles. The van der Waals surface area contributed by atoms with Crippen LogP contribution in [0.4, 0.5) is 0 Å². The molecule has 0 aliphatic heterocycles. The maximum absolute atomic E-state index is 11.9. The molecule has 0 heterocycles. The Morgan fingerprint density at radius 1 is 0.957 bits per heavy atom. The van der Waals surface area contributed by atoms with Gasteiger partial charge in [0, 0.05) is 16.9 Å². The third-order valence-electron chi connectivity index (χ3n) is 3.70. The molecule has 0 unspecified atom stereocenters. The van der Waals surface area contributed by atoms with Crippen LogP contribution in [0.2, 0.25) is 0 Å². The summed E-state index contributed by atoms with van der Waals surface area (Å²) in [4.78, 5) is 0.810. The van der Waals surface area contributed by atoms with Gasteiger partial charge >= 0.3 is 0 Å². The number of hydrogen-bond donors (Lipinski definition) is 0. The molecule has 0 atom stereocenters. The van der Waals surface area contributed by atoms with Crippen molar-refractivity contribution < 1.29 is 12.0 Å². The van der Waals surface area contributed by atoms with Crippen LogP contribution in [0, 0.1) is 0 Å². The standard InChI is InChI=1S/C18H30O3S2/c1-5-6-7-8-9-10-15-23(19,20)21-22-17-13-11-16(12-14-17)18(2,3)4/h11-14H,5-10,15H2,1-4H3. The zero-order chi connectivity index (χ0) is 17.3. The Labute approximate surface area is 146 Å². The van der Waals surface area contributed by atoms with E-state index in [4.69, 9.17) is 3.63 Å². The molecule has 132 valence electrons. The molecule has 3 nitrogen and oxygen atoms in total. The van der Waals surface area contributed by atoms with E-state index in [1.807, 2.05) is 24.3 Å². The van der Waals surface area contributed by atoms with Gasteiger partial charge in [0.25, 0.3) is 10.1 Å². The second-order valence-electron chi connectivity index (χ2n) is 6.96. The molecule has 23 heavy (non-hydrogen) atoms. The van der Waals surface area contributed by atoms with E-state index < -0.39 is 10.1 Å². The van der Waals surface area contributed by atoms with Gasteiger partial charge in [-0.15, -0.1) is 0 Å². The average Bonchev–Trinajstić information content (AvgIpc) is 2.48. The van der Waals surface area contributed by atoms with E-state index >= 15 is 0 Å². The lowest BCUT2D eigenvalue weighted by Crippen LogP contribution is -2.10. The molecule has 5 heteroatoms. The van der Waals surface area contributed by atoms with Gasteiger partial charge in [0.2, 0.25) is 0 Å². The molecule has 0 saturated carbocycles. The summed E-state index contributed by atoms with van der Waals surface area (Å²) in [5.41, 5.74) is 1.31. The Bertz CT molecular complexity index is 543. The fourth-order valence-electron chi connectivity index (χ4n) is 2.19. The molecule has 0 bridgehead atoms. The minimum absolute atomic E-state index is 0.0912. The number of hydrogen-bond acceptors (Lipinski definition) is 4. The van der Waals surface area contributed by atoms with E-state index in [2.05, 4.69) is 27.7 Å². The van der Waals surface area contributed by atoms with Crippen LogP contribution in [0.15, 0.2) is 29.2 Å². The first kappa shape index (κ1) is 20.5. The molecule has 1 rings (SSSR count). The summed E-state index contributed by atoms with van der Waals surface area (Å²) < 4.78 is 28.8. The first-order valence-corrected chi connectivity index (χ1v) is 10.8. The van der Waals surface area contributed by atoms with E-state index in [-0.39, 0.29) is 11.2 Å². The summed E-state index contributed by atoms with van der Waals surface area (Å²) in [6, 6.07) is 7.86. The fourth-order valence-corrected chi connectivity index (χ4v) is 4.00. The molecular formula is C18H30O3S2. The zero-order valence-corrected chi connectivity index (χ0v) is 16.4. The maximum Gasteiger partial charge on any atom is 0.278 e. The van der Waals surface area contributed by atoms with Crippen LogP contribution in [0.1, 0.15) is 71.8 Å². The van der Waals surface area contributed by atoms with Crippen molar-refractivity contribution in [2.75, 3.05) is 5.75 Å². The zero-order valence-electron chi connectivity index (χ0n) is 14.8. The fraction of sp³-hybridized carbons (Fsp3) is 0.667. The molecule has 0 aromatic heterocycles. The van der Waals surface area contributed by atoms with E-state index in [9.17, 15) is 8.42 Å². The highest BCUT2D eigenvalue weighted by atomic mass is 32.3.